The van der Waals surface area contributed by atoms with Crippen LogP contribution < -0.4 is 10.2 Å². The Labute approximate surface area is 204 Å². The predicted octanol–water partition coefficient (Wildman–Crippen LogP) is 5.43. The van der Waals surface area contributed by atoms with Crippen LogP contribution in [0.1, 0.15) is 0 Å². The summed E-state index contributed by atoms with van der Waals surface area (Å²) in [4.78, 5) is 9.38. The minimum Gasteiger partial charge on any atom is -0.873 e. The number of hydrogen-bond acceptors (Lipinski definition) is 4. The van der Waals surface area contributed by atoms with Gasteiger partial charge in [-0.05, 0) is 35.0 Å². The van der Waals surface area contributed by atoms with Crippen LogP contribution in [0.15, 0.2) is 109 Å². The van der Waals surface area contributed by atoms with E-state index >= 15 is 0 Å². The number of rotatable bonds is 1. The average molecular weight is 521 g/mol. The fourth-order valence-electron chi connectivity index (χ4n) is 3.62. The van der Waals surface area contributed by atoms with Crippen LogP contribution in [0.2, 0.25) is 0 Å². The number of aromatic nitrogens is 2. The molecule has 6 rings (SSSR count). The minimum absolute atomic E-state index is 0. The van der Waals surface area contributed by atoms with Gasteiger partial charge in [0.2, 0.25) is 0 Å². The van der Waals surface area contributed by atoms with E-state index in [-0.39, 0.29) is 20.4 Å². The first kappa shape index (κ1) is 22.4. The molecular formula is C28H18N2O2Pd. The Morgan fingerprint density at radius 3 is 1.21 bits per heavy atom. The smallest absolute Gasteiger partial charge is 0.873 e. The molecule has 0 aliphatic carbocycles. The van der Waals surface area contributed by atoms with Gasteiger partial charge in [0.05, 0.1) is 22.4 Å². The number of benzene rings is 4. The van der Waals surface area contributed by atoms with E-state index in [2.05, 4.69) is 34.2 Å². The van der Waals surface area contributed by atoms with Crippen molar-refractivity contribution in [3.63, 3.8) is 0 Å². The predicted molar refractivity (Wildman–Crippen MR) is 125 cm³/mol. The molecule has 0 bridgehead atoms. The molecule has 33 heavy (non-hydrogen) atoms. The number of pyridine rings is 2. The van der Waals surface area contributed by atoms with Crippen LogP contribution in [0.4, 0.5) is 0 Å². The van der Waals surface area contributed by atoms with Gasteiger partial charge in [0, 0.05) is 10.8 Å². The van der Waals surface area contributed by atoms with E-state index in [9.17, 15) is 10.2 Å². The summed E-state index contributed by atoms with van der Waals surface area (Å²) < 4.78 is 0. The van der Waals surface area contributed by atoms with Gasteiger partial charge in [-0.15, -0.1) is 11.5 Å². The van der Waals surface area contributed by atoms with Gasteiger partial charge in [0.15, 0.2) is 0 Å². The monoisotopic (exact) mass is 520 g/mol. The fraction of sp³-hybridized carbons (Fsp3) is 0. The van der Waals surface area contributed by atoms with Gasteiger partial charge in [0.1, 0.15) is 0 Å². The summed E-state index contributed by atoms with van der Waals surface area (Å²) in [6.45, 7) is 0. The van der Waals surface area contributed by atoms with E-state index in [0.29, 0.717) is 0 Å². The Balaban J connectivity index is 0.000000172. The summed E-state index contributed by atoms with van der Waals surface area (Å²) in [6.07, 6.45) is 0. The summed E-state index contributed by atoms with van der Waals surface area (Å²) in [5.41, 5.74) is 3.82. The quantitative estimate of drug-likeness (QED) is 0.271. The molecule has 5 heteroatoms. The number of nitrogens with zero attached hydrogens (tertiary/aromatic N) is 2. The number of para-hydroxylation sites is 2. The molecule has 0 saturated carbocycles. The Hall–Kier alpha value is -3.78. The summed E-state index contributed by atoms with van der Waals surface area (Å²) in [5, 5.41) is 25.8. The molecule has 0 atom stereocenters. The molecule has 0 fully saturated rings. The molecule has 4 aromatic carbocycles. The average Bonchev–Trinajstić information content (AvgIpc) is 2.84. The van der Waals surface area contributed by atoms with Crippen molar-refractivity contribution in [2.75, 3.05) is 0 Å². The van der Waals surface area contributed by atoms with Gasteiger partial charge >= 0.3 is 20.4 Å². The molecule has 4 nitrogen and oxygen atoms in total. The molecule has 0 aliphatic rings. The molecule has 0 spiro atoms. The zero-order valence-electron chi connectivity index (χ0n) is 17.4. The molecule has 0 N–H and O–H groups in total. The third-order valence-electron chi connectivity index (χ3n) is 5.27. The second-order valence-electron chi connectivity index (χ2n) is 7.42. The Morgan fingerprint density at radius 1 is 0.424 bits per heavy atom. The van der Waals surface area contributed by atoms with Crippen LogP contribution in [-0.4, -0.2) is 9.97 Å². The Kier molecular flexibility index (Phi) is 6.65. The van der Waals surface area contributed by atoms with Gasteiger partial charge in [-0.2, -0.15) is 0 Å². The van der Waals surface area contributed by atoms with Crippen molar-refractivity contribution in [1.82, 2.24) is 9.97 Å². The van der Waals surface area contributed by atoms with E-state index in [4.69, 9.17) is 0 Å². The van der Waals surface area contributed by atoms with Crippen molar-refractivity contribution < 1.29 is 30.6 Å². The largest absolute Gasteiger partial charge is 2.00 e. The fourth-order valence-corrected chi connectivity index (χ4v) is 3.62. The molecular weight excluding hydrogens is 503 g/mol. The molecule has 162 valence electrons. The van der Waals surface area contributed by atoms with E-state index in [1.807, 2.05) is 72.8 Å². The Bertz CT molecular complexity index is 1450. The van der Waals surface area contributed by atoms with Gasteiger partial charge in [-0.3, -0.25) is 0 Å². The van der Waals surface area contributed by atoms with Gasteiger partial charge in [-0.1, -0.05) is 84.9 Å². The summed E-state index contributed by atoms with van der Waals surface area (Å²) in [6, 6.07) is 34.6. The summed E-state index contributed by atoms with van der Waals surface area (Å²) >= 11 is 0. The van der Waals surface area contributed by atoms with Crippen molar-refractivity contribution in [1.29, 1.82) is 0 Å². The van der Waals surface area contributed by atoms with Crippen LogP contribution in [-0.2, 0) is 20.4 Å². The number of hydrogen-bond donors (Lipinski definition) is 0. The normalized spacial score (nSPS) is 10.4. The SMILES string of the molecule is [O-]c1cc2ccccc2cc1[O-].[Pd+2].c1ccc2nc(-c3ccc4ccccc4n3)ccc2c1. The Morgan fingerprint density at radius 2 is 0.788 bits per heavy atom. The topological polar surface area (TPSA) is 71.9 Å². The second kappa shape index (κ2) is 9.79. The van der Waals surface area contributed by atoms with E-state index in [1.54, 1.807) is 0 Å². The maximum atomic E-state index is 10.9. The van der Waals surface area contributed by atoms with E-state index in [1.165, 1.54) is 12.1 Å². The molecule has 0 radical (unpaired) electrons. The van der Waals surface area contributed by atoms with Crippen LogP contribution in [0.25, 0.3) is 44.0 Å². The van der Waals surface area contributed by atoms with Crippen molar-refractivity contribution >= 4 is 32.6 Å². The summed E-state index contributed by atoms with van der Waals surface area (Å²) in [5.74, 6) is -0.873. The summed E-state index contributed by atoms with van der Waals surface area (Å²) in [7, 11) is 0. The van der Waals surface area contributed by atoms with Crippen molar-refractivity contribution in [3.8, 4) is 22.9 Å². The maximum absolute atomic E-state index is 10.9. The third-order valence-corrected chi connectivity index (χ3v) is 5.27. The second-order valence-corrected chi connectivity index (χ2v) is 7.42. The van der Waals surface area contributed by atoms with Gasteiger partial charge in [-0.25, -0.2) is 9.97 Å². The van der Waals surface area contributed by atoms with Crippen molar-refractivity contribution in [2.24, 2.45) is 0 Å². The van der Waals surface area contributed by atoms with Crippen molar-refractivity contribution in [3.05, 3.63) is 109 Å². The zero-order chi connectivity index (χ0) is 21.9. The van der Waals surface area contributed by atoms with Gasteiger partial charge in [0.25, 0.3) is 0 Å². The van der Waals surface area contributed by atoms with Crippen LogP contribution in [0, 0.1) is 0 Å². The molecule has 6 aromatic rings. The molecule has 0 amide bonds. The molecule has 2 heterocycles. The third kappa shape index (κ3) is 4.86. The minimum atomic E-state index is -0.436. The van der Waals surface area contributed by atoms with Crippen molar-refractivity contribution in [2.45, 2.75) is 0 Å². The molecule has 0 saturated heterocycles. The number of fused-ring (bicyclic) bond motifs is 3. The molecule has 2 aromatic heterocycles. The van der Waals surface area contributed by atoms with Crippen LogP contribution in [0.5, 0.6) is 11.5 Å². The first-order chi connectivity index (χ1) is 15.7. The van der Waals surface area contributed by atoms with Gasteiger partial charge < -0.3 is 10.2 Å². The van der Waals surface area contributed by atoms with E-state index in [0.717, 1.165) is 44.0 Å². The first-order valence-corrected chi connectivity index (χ1v) is 10.3. The molecule has 0 aliphatic heterocycles. The molecule has 0 unspecified atom stereocenters. The van der Waals surface area contributed by atoms with Crippen LogP contribution in [0.3, 0.4) is 0 Å². The zero-order valence-corrected chi connectivity index (χ0v) is 19.0. The van der Waals surface area contributed by atoms with Crippen LogP contribution >= 0.6 is 0 Å². The maximum Gasteiger partial charge on any atom is 2.00 e. The first-order valence-electron chi connectivity index (χ1n) is 10.3. The van der Waals surface area contributed by atoms with E-state index < -0.39 is 11.5 Å². The standard InChI is InChI=1S/C18H12N2.C10H8O2.Pd/c1-3-7-15-13(5-1)9-11-17(19-15)18-12-10-14-6-2-4-8-16(14)20-18;11-9-5-7-3-1-2-4-8(7)6-10(9)12;/h1-12H;1-6,11-12H;/q;;+2/p-2.